The molecule has 1 fully saturated rings. The Hall–Kier alpha value is -1.03. The molecular weight excluding hydrogens is 184 g/mol. The Morgan fingerprint density at radius 3 is 2.86 bits per heavy atom. The lowest BCUT2D eigenvalue weighted by Gasteiger charge is -2.33. The number of rotatable bonds is 0. The Kier molecular flexibility index (Phi) is 2.23. The highest BCUT2D eigenvalue weighted by molar-refractivity contribution is 5.90. The van der Waals surface area contributed by atoms with Gasteiger partial charge in [0.1, 0.15) is 11.9 Å². The quantitative estimate of drug-likeness (QED) is 0.568. The molecule has 2 aliphatic rings. The summed E-state index contributed by atoms with van der Waals surface area (Å²) in [6.45, 7) is 1.84. The van der Waals surface area contributed by atoms with Crippen LogP contribution in [-0.2, 0) is 9.53 Å². The van der Waals surface area contributed by atoms with Crippen molar-refractivity contribution in [2.24, 2.45) is 5.92 Å². The lowest BCUT2D eigenvalue weighted by Crippen LogP contribution is -2.36. The summed E-state index contributed by atoms with van der Waals surface area (Å²) in [6, 6.07) is 0. The van der Waals surface area contributed by atoms with Crippen LogP contribution in [0.4, 0.5) is 0 Å². The predicted octanol–water partition coefficient (Wildman–Crippen LogP) is 0.905. The van der Waals surface area contributed by atoms with Crippen LogP contribution in [-0.4, -0.2) is 28.4 Å². The smallest absolute Gasteiger partial charge is 0.338 e. The summed E-state index contributed by atoms with van der Waals surface area (Å²) in [7, 11) is 0. The Morgan fingerprint density at radius 2 is 2.14 bits per heavy atom. The van der Waals surface area contributed by atoms with Gasteiger partial charge in [0, 0.05) is 0 Å². The maximum atomic E-state index is 11.4. The van der Waals surface area contributed by atoms with Crippen LogP contribution in [0.3, 0.4) is 0 Å². The minimum atomic E-state index is -0.887. The van der Waals surface area contributed by atoms with E-state index >= 15 is 0 Å². The predicted molar refractivity (Wildman–Crippen MR) is 48.6 cm³/mol. The fraction of sp³-hybridized carbons (Fsp3) is 0.700. The summed E-state index contributed by atoms with van der Waals surface area (Å²) in [4.78, 5) is 11.4. The number of hydrogen-bond acceptors (Lipinski definition) is 4. The summed E-state index contributed by atoms with van der Waals surface area (Å²) >= 11 is 0. The van der Waals surface area contributed by atoms with Crippen LogP contribution in [0.25, 0.3) is 0 Å². The molecule has 0 saturated carbocycles. The van der Waals surface area contributed by atoms with Crippen molar-refractivity contribution in [2.75, 3.05) is 0 Å². The Balaban J connectivity index is 2.33. The Bertz CT molecular complexity index is 294. The highest BCUT2D eigenvalue weighted by Crippen LogP contribution is 2.36. The highest BCUT2D eigenvalue weighted by Gasteiger charge is 2.38. The summed E-state index contributed by atoms with van der Waals surface area (Å²) in [6.07, 6.45) is 1.05. The molecular formula is C10H14O4. The van der Waals surface area contributed by atoms with E-state index in [1.54, 1.807) is 0 Å². The van der Waals surface area contributed by atoms with Crippen LogP contribution in [0.1, 0.15) is 26.2 Å². The van der Waals surface area contributed by atoms with Crippen molar-refractivity contribution in [3.8, 4) is 0 Å². The number of fused-ring (bicyclic) bond motifs is 1. The molecule has 3 unspecified atom stereocenters. The van der Waals surface area contributed by atoms with Crippen molar-refractivity contribution in [1.29, 1.82) is 0 Å². The van der Waals surface area contributed by atoms with E-state index in [0.29, 0.717) is 12.0 Å². The normalized spacial score (nSPS) is 37.9. The molecule has 1 saturated heterocycles. The summed E-state index contributed by atoms with van der Waals surface area (Å²) < 4.78 is 5.01. The van der Waals surface area contributed by atoms with Crippen molar-refractivity contribution in [1.82, 2.24) is 0 Å². The first-order chi connectivity index (χ1) is 6.59. The minimum Gasteiger partial charge on any atom is -0.509 e. The molecule has 0 aromatic rings. The van der Waals surface area contributed by atoms with E-state index in [9.17, 15) is 15.0 Å². The highest BCUT2D eigenvalue weighted by atomic mass is 16.5. The lowest BCUT2D eigenvalue weighted by atomic mass is 9.80. The molecule has 0 spiro atoms. The average molecular weight is 198 g/mol. The van der Waals surface area contributed by atoms with Crippen molar-refractivity contribution < 1.29 is 19.7 Å². The molecule has 0 aromatic carbocycles. The lowest BCUT2D eigenvalue weighted by molar-refractivity contribution is -0.149. The van der Waals surface area contributed by atoms with E-state index < -0.39 is 12.1 Å². The van der Waals surface area contributed by atoms with Crippen molar-refractivity contribution in [3.05, 3.63) is 11.3 Å². The molecule has 0 bridgehead atoms. The monoisotopic (exact) mass is 198 g/mol. The molecule has 3 atom stereocenters. The topological polar surface area (TPSA) is 66.8 Å². The van der Waals surface area contributed by atoms with Gasteiger partial charge in [-0.25, -0.2) is 4.79 Å². The maximum absolute atomic E-state index is 11.4. The van der Waals surface area contributed by atoms with E-state index in [1.165, 1.54) is 0 Å². The van der Waals surface area contributed by atoms with Gasteiger partial charge < -0.3 is 14.9 Å². The molecule has 1 heterocycles. The number of hydrogen-bond donors (Lipinski definition) is 2. The number of cyclic esters (lactones) is 1. The first-order valence-electron chi connectivity index (χ1n) is 4.91. The fourth-order valence-corrected chi connectivity index (χ4v) is 2.23. The van der Waals surface area contributed by atoms with Gasteiger partial charge in [-0.3, -0.25) is 0 Å². The number of carbonyl (C=O) groups is 1. The summed E-state index contributed by atoms with van der Waals surface area (Å²) in [5, 5.41) is 18.9. The van der Waals surface area contributed by atoms with Crippen LogP contribution in [0.5, 0.6) is 0 Å². The van der Waals surface area contributed by atoms with Crippen LogP contribution < -0.4 is 0 Å². The number of aliphatic hydroxyl groups excluding tert-OH is 2. The molecule has 78 valence electrons. The van der Waals surface area contributed by atoms with E-state index in [4.69, 9.17) is 4.74 Å². The molecule has 0 amide bonds. The van der Waals surface area contributed by atoms with E-state index in [2.05, 4.69) is 0 Å². The Labute approximate surface area is 82.2 Å². The van der Waals surface area contributed by atoms with Gasteiger partial charge in [-0.1, -0.05) is 0 Å². The molecule has 0 aromatic heterocycles. The minimum absolute atomic E-state index is 0.0645. The number of aliphatic hydroxyl groups is 2. The third kappa shape index (κ3) is 1.39. The van der Waals surface area contributed by atoms with E-state index in [-0.39, 0.29) is 17.8 Å². The van der Waals surface area contributed by atoms with Crippen LogP contribution in [0.15, 0.2) is 11.3 Å². The molecule has 2 N–H and O–H groups in total. The molecule has 1 aliphatic heterocycles. The second-order valence-electron chi connectivity index (χ2n) is 4.04. The second-order valence-corrected chi connectivity index (χ2v) is 4.04. The molecule has 4 heteroatoms. The van der Waals surface area contributed by atoms with Gasteiger partial charge in [0.2, 0.25) is 0 Å². The van der Waals surface area contributed by atoms with Gasteiger partial charge in [0.05, 0.1) is 11.7 Å². The Morgan fingerprint density at radius 1 is 1.43 bits per heavy atom. The standard InChI is InChI=1S/C10H14O4/c1-5-4-6-2-3-7(11)9(12)8(6)10(13)14-5/h5-7,11-12H,2-4H2,1H3. The van der Waals surface area contributed by atoms with Crippen molar-refractivity contribution >= 4 is 5.97 Å². The first kappa shape index (κ1) is 9.52. The van der Waals surface area contributed by atoms with Gasteiger partial charge in [0.25, 0.3) is 0 Å². The van der Waals surface area contributed by atoms with Gasteiger partial charge in [-0.05, 0) is 32.1 Å². The first-order valence-corrected chi connectivity index (χ1v) is 4.91. The van der Waals surface area contributed by atoms with Crippen LogP contribution in [0.2, 0.25) is 0 Å². The van der Waals surface area contributed by atoms with Crippen LogP contribution in [0, 0.1) is 5.92 Å². The molecule has 0 radical (unpaired) electrons. The number of esters is 1. The van der Waals surface area contributed by atoms with Gasteiger partial charge >= 0.3 is 5.97 Å². The third-order valence-corrected chi connectivity index (χ3v) is 2.93. The zero-order chi connectivity index (χ0) is 10.3. The maximum Gasteiger partial charge on any atom is 0.338 e. The van der Waals surface area contributed by atoms with E-state index in [1.807, 2.05) is 6.92 Å². The fourth-order valence-electron chi connectivity index (χ4n) is 2.23. The number of ether oxygens (including phenoxy) is 1. The van der Waals surface area contributed by atoms with Gasteiger partial charge in [-0.2, -0.15) is 0 Å². The van der Waals surface area contributed by atoms with Crippen molar-refractivity contribution in [3.63, 3.8) is 0 Å². The second kappa shape index (κ2) is 3.28. The SMILES string of the molecule is CC1CC2CCC(O)C(O)=C2C(=O)O1. The van der Waals surface area contributed by atoms with Crippen molar-refractivity contribution in [2.45, 2.75) is 38.4 Å². The zero-order valence-electron chi connectivity index (χ0n) is 8.06. The molecule has 14 heavy (non-hydrogen) atoms. The van der Waals surface area contributed by atoms with Gasteiger partial charge in [-0.15, -0.1) is 0 Å². The molecule has 2 rings (SSSR count). The average Bonchev–Trinajstić information content (AvgIpc) is 2.10. The van der Waals surface area contributed by atoms with Crippen LogP contribution >= 0.6 is 0 Å². The number of carbonyl (C=O) groups excluding carboxylic acids is 1. The molecule has 1 aliphatic carbocycles. The van der Waals surface area contributed by atoms with E-state index in [0.717, 1.165) is 12.8 Å². The zero-order valence-corrected chi connectivity index (χ0v) is 8.06. The van der Waals surface area contributed by atoms with Gasteiger partial charge in [0.15, 0.2) is 0 Å². The summed E-state index contributed by atoms with van der Waals surface area (Å²) in [5.74, 6) is -0.585. The largest absolute Gasteiger partial charge is 0.509 e. The summed E-state index contributed by atoms with van der Waals surface area (Å²) in [5.41, 5.74) is 0.293. The molecule has 4 nitrogen and oxygen atoms in total. The third-order valence-electron chi connectivity index (χ3n) is 2.93.